The molecule has 0 aromatic heterocycles. The van der Waals surface area contributed by atoms with E-state index in [1.165, 1.54) is 0 Å². The Kier molecular flexibility index (Phi) is 6.46. The predicted octanol–water partition coefficient (Wildman–Crippen LogP) is 2.04. The van der Waals surface area contributed by atoms with Gasteiger partial charge in [0.05, 0.1) is 0 Å². The van der Waals surface area contributed by atoms with Crippen molar-refractivity contribution in [2.75, 3.05) is 0 Å². The van der Waals surface area contributed by atoms with E-state index in [-0.39, 0.29) is 11.9 Å². The van der Waals surface area contributed by atoms with Crippen molar-refractivity contribution in [1.29, 1.82) is 0 Å². The molecule has 0 heterocycles. The second-order valence-electron chi connectivity index (χ2n) is 6.16. The van der Waals surface area contributed by atoms with Gasteiger partial charge in [-0.1, -0.05) is 13.3 Å². The minimum Gasteiger partial charge on any atom is -0.480 e. The van der Waals surface area contributed by atoms with Crippen molar-refractivity contribution in [1.82, 2.24) is 5.32 Å². The molecule has 1 atom stereocenters. The summed E-state index contributed by atoms with van der Waals surface area (Å²) in [6.07, 6.45) is 5.76. The highest BCUT2D eigenvalue weighted by molar-refractivity contribution is 5.87. The first-order chi connectivity index (χ1) is 9.39. The van der Waals surface area contributed by atoms with Gasteiger partial charge in [0.2, 0.25) is 5.91 Å². The smallest absolute Gasteiger partial charge is 0.329 e. The molecule has 1 saturated carbocycles. The van der Waals surface area contributed by atoms with Crippen LogP contribution in [-0.2, 0) is 9.59 Å². The molecule has 0 bridgehead atoms. The summed E-state index contributed by atoms with van der Waals surface area (Å²) in [4.78, 5) is 23.5. The molecule has 1 rings (SSSR count). The van der Waals surface area contributed by atoms with Crippen LogP contribution in [0.1, 0.15) is 65.2 Å². The highest BCUT2D eigenvalue weighted by Crippen LogP contribution is 2.34. The van der Waals surface area contributed by atoms with Crippen molar-refractivity contribution >= 4 is 11.9 Å². The van der Waals surface area contributed by atoms with Crippen LogP contribution in [0.2, 0.25) is 0 Å². The van der Waals surface area contributed by atoms with Crippen molar-refractivity contribution in [3.8, 4) is 0 Å². The van der Waals surface area contributed by atoms with Crippen LogP contribution < -0.4 is 11.1 Å². The van der Waals surface area contributed by atoms with Gasteiger partial charge in [-0.25, -0.2) is 4.79 Å². The van der Waals surface area contributed by atoms with E-state index in [4.69, 9.17) is 5.73 Å². The first kappa shape index (κ1) is 17.0. The van der Waals surface area contributed by atoms with Crippen molar-refractivity contribution in [2.24, 2.45) is 11.7 Å². The van der Waals surface area contributed by atoms with Gasteiger partial charge in [-0.2, -0.15) is 0 Å². The standard InChI is InChI=1S/C15H28N2O3/c1-3-12-7-9-15(10-8-12,14(19)20)17-13(18)6-4-5-11(2)16/h11-12H,3-10,16H2,1-2H3,(H,17,18)(H,19,20). The van der Waals surface area contributed by atoms with Crippen LogP contribution in [-0.4, -0.2) is 28.6 Å². The van der Waals surface area contributed by atoms with E-state index in [0.717, 1.165) is 25.7 Å². The fraction of sp³-hybridized carbons (Fsp3) is 0.867. The summed E-state index contributed by atoms with van der Waals surface area (Å²) < 4.78 is 0. The van der Waals surface area contributed by atoms with Gasteiger partial charge < -0.3 is 16.2 Å². The minimum atomic E-state index is -1.04. The Balaban J connectivity index is 2.51. The third kappa shape index (κ3) is 4.78. The van der Waals surface area contributed by atoms with E-state index in [1.807, 2.05) is 6.92 Å². The summed E-state index contributed by atoms with van der Waals surface area (Å²) >= 11 is 0. The van der Waals surface area contributed by atoms with E-state index in [2.05, 4.69) is 12.2 Å². The van der Waals surface area contributed by atoms with Gasteiger partial charge >= 0.3 is 5.97 Å². The zero-order valence-electron chi connectivity index (χ0n) is 12.7. The first-order valence-electron chi connectivity index (χ1n) is 7.69. The molecule has 1 aliphatic rings. The van der Waals surface area contributed by atoms with Crippen molar-refractivity contribution in [3.63, 3.8) is 0 Å². The van der Waals surface area contributed by atoms with E-state index in [0.29, 0.717) is 31.6 Å². The molecule has 116 valence electrons. The summed E-state index contributed by atoms with van der Waals surface area (Å²) in [5.74, 6) is -0.465. The van der Waals surface area contributed by atoms with Crippen LogP contribution in [0.4, 0.5) is 0 Å². The quantitative estimate of drug-likeness (QED) is 0.667. The predicted molar refractivity (Wildman–Crippen MR) is 78.3 cm³/mol. The van der Waals surface area contributed by atoms with Gasteiger partial charge in [0.25, 0.3) is 0 Å². The first-order valence-corrected chi connectivity index (χ1v) is 7.69. The van der Waals surface area contributed by atoms with Gasteiger partial charge in [0.15, 0.2) is 0 Å². The van der Waals surface area contributed by atoms with Crippen LogP contribution >= 0.6 is 0 Å². The lowest BCUT2D eigenvalue weighted by molar-refractivity contribution is -0.149. The average Bonchev–Trinajstić information content (AvgIpc) is 2.38. The Labute approximate surface area is 121 Å². The molecule has 0 saturated heterocycles. The Morgan fingerprint density at radius 2 is 2.00 bits per heavy atom. The van der Waals surface area contributed by atoms with Crippen LogP contribution in [0.5, 0.6) is 0 Å². The number of carbonyl (C=O) groups excluding carboxylic acids is 1. The number of carboxylic acid groups (broad SMARTS) is 1. The largest absolute Gasteiger partial charge is 0.480 e. The fourth-order valence-corrected chi connectivity index (χ4v) is 2.88. The highest BCUT2D eigenvalue weighted by Gasteiger charge is 2.42. The molecule has 0 aromatic carbocycles. The Morgan fingerprint density at radius 3 is 2.45 bits per heavy atom. The third-order valence-electron chi connectivity index (χ3n) is 4.39. The topological polar surface area (TPSA) is 92.4 Å². The lowest BCUT2D eigenvalue weighted by Gasteiger charge is -2.37. The number of hydrogen-bond donors (Lipinski definition) is 3. The Bertz CT molecular complexity index is 334. The Hall–Kier alpha value is -1.10. The van der Waals surface area contributed by atoms with Crippen LogP contribution in [0.25, 0.3) is 0 Å². The van der Waals surface area contributed by atoms with Gasteiger partial charge in [0, 0.05) is 12.5 Å². The fourth-order valence-electron chi connectivity index (χ4n) is 2.88. The summed E-state index contributed by atoms with van der Waals surface area (Å²) in [5, 5.41) is 12.2. The second kappa shape index (κ2) is 7.62. The summed E-state index contributed by atoms with van der Waals surface area (Å²) in [7, 11) is 0. The van der Waals surface area contributed by atoms with Crippen molar-refractivity contribution in [2.45, 2.75) is 76.8 Å². The lowest BCUT2D eigenvalue weighted by Crippen LogP contribution is -2.56. The number of hydrogen-bond acceptors (Lipinski definition) is 3. The van der Waals surface area contributed by atoms with Gasteiger partial charge in [-0.15, -0.1) is 0 Å². The van der Waals surface area contributed by atoms with Crippen LogP contribution in [0.3, 0.4) is 0 Å². The SMILES string of the molecule is CCC1CCC(NC(=O)CCCC(C)N)(C(=O)O)CC1. The average molecular weight is 284 g/mol. The van der Waals surface area contributed by atoms with Crippen molar-refractivity contribution in [3.05, 3.63) is 0 Å². The molecule has 0 aliphatic heterocycles. The minimum absolute atomic E-state index is 0.0798. The molecule has 20 heavy (non-hydrogen) atoms. The molecule has 5 nitrogen and oxygen atoms in total. The van der Waals surface area contributed by atoms with E-state index in [9.17, 15) is 14.7 Å². The number of carbonyl (C=O) groups is 2. The number of aliphatic carboxylic acids is 1. The van der Waals surface area contributed by atoms with Crippen LogP contribution in [0.15, 0.2) is 0 Å². The lowest BCUT2D eigenvalue weighted by atomic mass is 9.75. The monoisotopic (exact) mass is 284 g/mol. The molecule has 0 aromatic rings. The summed E-state index contributed by atoms with van der Waals surface area (Å²) in [5.41, 5.74) is 4.60. The molecule has 1 amide bonds. The Morgan fingerprint density at radius 1 is 1.40 bits per heavy atom. The highest BCUT2D eigenvalue weighted by atomic mass is 16.4. The maximum atomic E-state index is 11.9. The second-order valence-corrected chi connectivity index (χ2v) is 6.16. The number of rotatable bonds is 7. The molecule has 1 unspecified atom stereocenters. The zero-order valence-corrected chi connectivity index (χ0v) is 12.7. The summed E-state index contributed by atoms with van der Waals surface area (Å²) in [6.45, 7) is 4.04. The normalized spacial score (nSPS) is 27.9. The van der Waals surface area contributed by atoms with Crippen LogP contribution in [0, 0.1) is 5.92 Å². The van der Waals surface area contributed by atoms with Gasteiger partial charge in [-0.3, -0.25) is 4.79 Å². The molecular formula is C15H28N2O3. The maximum absolute atomic E-state index is 11.9. The van der Waals surface area contributed by atoms with Gasteiger partial charge in [0.1, 0.15) is 5.54 Å². The zero-order chi connectivity index (χ0) is 15.2. The molecular weight excluding hydrogens is 256 g/mol. The number of amides is 1. The number of carboxylic acids is 1. The van der Waals surface area contributed by atoms with E-state index >= 15 is 0 Å². The molecule has 4 N–H and O–H groups in total. The molecule has 1 aliphatic carbocycles. The molecule has 5 heteroatoms. The summed E-state index contributed by atoms with van der Waals surface area (Å²) in [6, 6.07) is 0.0798. The number of nitrogens with two attached hydrogens (primary N) is 1. The van der Waals surface area contributed by atoms with Gasteiger partial charge in [-0.05, 0) is 51.4 Å². The number of nitrogens with one attached hydrogen (secondary N) is 1. The molecule has 1 fully saturated rings. The van der Waals surface area contributed by atoms with E-state index in [1.54, 1.807) is 0 Å². The van der Waals surface area contributed by atoms with Crippen molar-refractivity contribution < 1.29 is 14.7 Å². The molecule has 0 spiro atoms. The third-order valence-corrected chi connectivity index (χ3v) is 4.39. The van der Waals surface area contributed by atoms with E-state index < -0.39 is 11.5 Å². The molecule has 0 radical (unpaired) electrons. The maximum Gasteiger partial charge on any atom is 0.329 e.